The van der Waals surface area contributed by atoms with Gasteiger partial charge in [0.1, 0.15) is 28.9 Å². The largest absolute Gasteiger partial charge is 0.494 e. The minimum Gasteiger partial charge on any atom is -0.494 e. The van der Waals surface area contributed by atoms with Crippen LogP contribution >= 0.6 is 0 Å². The number of unbranched alkanes of at least 4 members (excludes halogenated alkanes) is 2. The molecule has 0 radical (unpaired) electrons. The summed E-state index contributed by atoms with van der Waals surface area (Å²) in [6, 6.07) is 22.1. The number of nitriles is 1. The molecule has 1 heterocycles. The van der Waals surface area contributed by atoms with E-state index in [0.717, 1.165) is 41.7 Å². The van der Waals surface area contributed by atoms with Crippen molar-refractivity contribution >= 4 is 5.97 Å². The summed E-state index contributed by atoms with van der Waals surface area (Å²) in [6.45, 7) is 4.81. The normalized spacial score (nSPS) is 14.5. The maximum Gasteiger partial charge on any atom is 0.343 e. The number of fused-ring (bicyclic) bond motifs is 1. The van der Waals surface area contributed by atoms with Crippen LogP contribution < -0.4 is 19.9 Å². The van der Waals surface area contributed by atoms with Crippen LogP contribution in [0, 0.1) is 18.3 Å². The second-order valence-electron chi connectivity index (χ2n) is 8.50. The second kappa shape index (κ2) is 10.8. The molecule has 178 valence electrons. The fourth-order valence-electron chi connectivity index (χ4n) is 4.00. The van der Waals surface area contributed by atoms with Gasteiger partial charge >= 0.3 is 5.97 Å². The summed E-state index contributed by atoms with van der Waals surface area (Å²) >= 11 is 0. The Kier molecular flexibility index (Phi) is 7.37. The molecule has 4 rings (SSSR count). The first kappa shape index (κ1) is 23.9. The topological polar surface area (TPSA) is 94.6 Å². The molecule has 6 nitrogen and oxygen atoms in total. The molecule has 0 amide bonds. The molecular formula is C29H28N2O4. The summed E-state index contributed by atoms with van der Waals surface area (Å²) in [5.74, 6) is 0.687. The van der Waals surface area contributed by atoms with Gasteiger partial charge in [-0.05, 0) is 49.2 Å². The smallest absolute Gasteiger partial charge is 0.343 e. The predicted octanol–water partition coefficient (Wildman–Crippen LogP) is 6.00. The molecule has 0 bridgehead atoms. The number of hydrogen-bond donors (Lipinski definition) is 1. The third-order valence-electron chi connectivity index (χ3n) is 5.92. The van der Waals surface area contributed by atoms with Gasteiger partial charge in [-0.15, -0.1) is 0 Å². The minimum atomic E-state index is -0.491. The van der Waals surface area contributed by atoms with E-state index in [2.05, 4.69) is 13.0 Å². The van der Waals surface area contributed by atoms with E-state index in [9.17, 15) is 10.1 Å². The van der Waals surface area contributed by atoms with E-state index in [4.69, 9.17) is 19.9 Å². The van der Waals surface area contributed by atoms with Crippen LogP contribution in [0.25, 0.3) is 0 Å². The van der Waals surface area contributed by atoms with Crippen LogP contribution in [0.4, 0.5) is 0 Å². The van der Waals surface area contributed by atoms with Gasteiger partial charge in [-0.3, -0.25) is 0 Å². The maximum atomic E-state index is 12.7. The molecule has 1 aliphatic heterocycles. The number of hydrogen-bond acceptors (Lipinski definition) is 6. The average Bonchev–Trinajstić information content (AvgIpc) is 2.86. The minimum absolute atomic E-state index is 0.0450. The van der Waals surface area contributed by atoms with Gasteiger partial charge in [0.25, 0.3) is 0 Å². The van der Waals surface area contributed by atoms with Crippen LogP contribution in [0.3, 0.4) is 0 Å². The zero-order valence-corrected chi connectivity index (χ0v) is 19.9. The van der Waals surface area contributed by atoms with Crippen LogP contribution in [-0.2, 0) is 0 Å². The quantitative estimate of drug-likeness (QED) is 0.247. The number of esters is 1. The second-order valence-corrected chi connectivity index (χ2v) is 8.50. The standard InChI is InChI=1S/C29H28N2O4/c1-3-4-5-16-33-22-12-10-21(11-13-22)29(32)34-23-14-15-24-26(17-23)35-28(31)25(18-30)27(24)20-8-6-19(2)7-9-20/h6-15,17,27H,3-5,16,31H2,1-2H3. The number of nitrogens with two attached hydrogens (primary N) is 1. The molecule has 1 atom stereocenters. The van der Waals surface area contributed by atoms with E-state index >= 15 is 0 Å². The van der Waals surface area contributed by atoms with Crippen LogP contribution in [0.1, 0.15) is 59.2 Å². The van der Waals surface area contributed by atoms with Crippen molar-refractivity contribution < 1.29 is 19.0 Å². The van der Waals surface area contributed by atoms with Crippen molar-refractivity contribution in [2.45, 2.75) is 39.0 Å². The molecule has 0 aliphatic carbocycles. The van der Waals surface area contributed by atoms with Crippen molar-refractivity contribution in [1.82, 2.24) is 0 Å². The Hall–Kier alpha value is -4.24. The summed E-state index contributed by atoms with van der Waals surface area (Å²) < 4.78 is 17.0. The highest BCUT2D eigenvalue weighted by atomic mass is 16.5. The van der Waals surface area contributed by atoms with E-state index in [1.807, 2.05) is 31.2 Å². The Morgan fingerprint density at radius 2 is 1.74 bits per heavy atom. The molecule has 0 spiro atoms. The van der Waals surface area contributed by atoms with E-state index in [-0.39, 0.29) is 11.8 Å². The molecule has 0 aromatic heterocycles. The lowest BCUT2D eigenvalue weighted by Gasteiger charge is -2.26. The monoisotopic (exact) mass is 468 g/mol. The van der Waals surface area contributed by atoms with E-state index in [1.165, 1.54) is 0 Å². The molecule has 0 saturated carbocycles. The fraction of sp³-hybridized carbons (Fsp3) is 0.241. The van der Waals surface area contributed by atoms with E-state index in [0.29, 0.717) is 29.2 Å². The Morgan fingerprint density at radius 1 is 1.03 bits per heavy atom. The van der Waals surface area contributed by atoms with Crippen molar-refractivity contribution in [1.29, 1.82) is 5.26 Å². The van der Waals surface area contributed by atoms with Crippen molar-refractivity contribution in [2.24, 2.45) is 5.73 Å². The highest BCUT2D eigenvalue weighted by Crippen LogP contribution is 2.43. The van der Waals surface area contributed by atoms with Gasteiger partial charge in [0.2, 0.25) is 5.88 Å². The van der Waals surface area contributed by atoms with Crippen molar-refractivity contribution in [3.8, 4) is 23.3 Å². The number of rotatable bonds is 8. The molecule has 2 N–H and O–H groups in total. The Bertz CT molecular complexity index is 1270. The average molecular weight is 469 g/mol. The molecule has 0 saturated heterocycles. The van der Waals surface area contributed by atoms with E-state index < -0.39 is 5.97 Å². The first-order chi connectivity index (χ1) is 17.0. The lowest BCUT2D eigenvalue weighted by atomic mass is 9.83. The predicted molar refractivity (Wildman–Crippen MR) is 133 cm³/mol. The molecule has 3 aromatic carbocycles. The summed E-state index contributed by atoms with van der Waals surface area (Å²) in [7, 11) is 0. The van der Waals surface area contributed by atoms with Crippen LogP contribution in [0.5, 0.6) is 17.2 Å². The first-order valence-corrected chi connectivity index (χ1v) is 11.7. The van der Waals surface area contributed by atoms with Crippen molar-refractivity contribution in [3.05, 3.63) is 100 Å². The molecular weight excluding hydrogens is 440 g/mol. The van der Waals surface area contributed by atoms with Gasteiger partial charge in [0.05, 0.1) is 18.1 Å². The zero-order valence-electron chi connectivity index (χ0n) is 19.9. The lowest BCUT2D eigenvalue weighted by molar-refractivity contribution is 0.0734. The number of ether oxygens (including phenoxy) is 3. The number of benzene rings is 3. The summed E-state index contributed by atoms with van der Waals surface area (Å²) in [4.78, 5) is 12.7. The third kappa shape index (κ3) is 5.47. The van der Waals surface area contributed by atoms with Crippen molar-refractivity contribution in [2.75, 3.05) is 6.61 Å². The molecule has 0 fully saturated rings. The maximum absolute atomic E-state index is 12.7. The highest BCUT2D eigenvalue weighted by molar-refractivity contribution is 5.91. The zero-order chi connectivity index (χ0) is 24.8. The van der Waals surface area contributed by atoms with E-state index in [1.54, 1.807) is 42.5 Å². The van der Waals surface area contributed by atoms with Gasteiger partial charge in [-0.25, -0.2) is 4.79 Å². The highest BCUT2D eigenvalue weighted by Gasteiger charge is 2.31. The van der Waals surface area contributed by atoms with Crippen LogP contribution in [0.15, 0.2) is 78.2 Å². The summed E-state index contributed by atoms with van der Waals surface area (Å²) in [5, 5.41) is 9.72. The SMILES string of the molecule is CCCCCOc1ccc(C(=O)Oc2ccc3c(c2)OC(N)=C(C#N)C3c2ccc(C)cc2)cc1. The van der Waals surface area contributed by atoms with Crippen molar-refractivity contribution in [3.63, 3.8) is 0 Å². The molecule has 1 aliphatic rings. The lowest BCUT2D eigenvalue weighted by Crippen LogP contribution is -2.21. The van der Waals surface area contributed by atoms with Gasteiger partial charge in [0.15, 0.2) is 0 Å². The fourth-order valence-corrected chi connectivity index (χ4v) is 4.00. The third-order valence-corrected chi connectivity index (χ3v) is 5.92. The van der Waals surface area contributed by atoms with Crippen LogP contribution in [-0.4, -0.2) is 12.6 Å². The summed E-state index contributed by atoms with van der Waals surface area (Å²) in [6.07, 6.45) is 3.26. The molecule has 6 heteroatoms. The summed E-state index contributed by atoms with van der Waals surface area (Å²) in [5.41, 5.74) is 9.68. The molecule has 3 aromatic rings. The Labute approximate surface area is 205 Å². The Balaban J connectivity index is 1.51. The Morgan fingerprint density at radius 3 is 2.43 bits per heavy atom. The van der Waals surface area contributed by atoms with Gasteiger partial charge in [-0.2, -0.15) is 5.26 Å². The number of carbonyl (C=O) groups excluding carboxylic acids is 1. The first-order valence-electron chi connectivity index (χ1n) is 11.7. The molecule has 1 unspecified atom stereocenters. The molecule has 35 heavy (non-hydrogen) atoms. The van der Waals surface area contributed by atoms with Crippen LogP contribution in [0.2, 0.25) is 0 Å². The number of aryl methyl sites for hydroxylation is 1. The number of carbonyl (C=O) groups is 1. The number of nitrogens with zero attached hydrogens (tertiary/aromatic N) is 1. The van der Waals surface area contributed by atoms with Gasteiger partial charge in [-0.1, -0.05) is 55.7 Å². The van der Waals surface area contributed by atoms with Gasteiger partial charge in [0, 0.05) is 11.6 Å². The number of allylic oxidation sites excluding steroid dienone is 1. The van der Waals surface area contributed by atoms with Gasteiger partial charge < -0.3 is 19.9 Å².